The highest BCUT2D eigenvalue weighted by Crippen LogP contribution is 2.38. The van der Waals surface area contributed by atoms with Crippen molar-refractivity contribution in [3.63, 3.8) is 0 Å². The Bertz CT molecular complexity index is 155. The Morgan fingerprint density at radius 1 is 1.08 bits per heavy atom. The highest BCUT2D eigenvalue weighted by molar-refractivity contribution is 4.86. The van der Waals surface area contributed by atoms with Gasteiger partial charge in [0, 0.05) is 13.1 Å². The van der Waals surface area contributed by atoms with Crippen molar-refractivity contribution in [2.45, 2.75) is 32.6 Å². The van der Waals surface area contributed by atoms with Gasteiger partial charge in [0.25, 0.3) is 0 Å². The summed E-state index contributed by atoms with van der Waals surface area (Å²) >= 11 is 0. The molecule has 0 N–H and O–H groups in total. The first-order valence-corrected chi connectivity index (χ1v) is 5.46. The van der Waals surface area contributed by atoms with Crippen molar-refractivity contribution in [1.29, 1.82) is 0 Å². The normalized spacial score (nSPS) is 44.0. The number of hydrogen-bond donors (Lipinski definition) is 0. The Labute approximate surface area is 76.1 Å². The molecule has 1 nitrogen and oxygen atoms in total. The molecule has 2 fully saturated rings. The average molecular weight is 167 g/mol. The zero-order valence-electron chi connectivity index (χ0n) is 8.42. The molecule has 2 rings (SSSR count). The maximum Gasteiger partial charge on any atom is 0.000948 e. The van der Waals surface area contributed by atoms with E-state index < -0.39 is 0 Å². The Kier molecular flexibility index (Phi) is 2.40. The van der Waals surface area contributed by atoms with Gasteiger partial charge in [0.2, 0.25) is 0 Å². The Balaban J connectivity index is 2.01. The monoisotopic (exact) mass is 167 g/mol. The van der Waals surface area contributed by atoms with E-state index in [4.69, 9.17) is 0 Å². The molecule has 0 aromatic carbocycles. The number of piperidine rings is 1. The molecule has 12 heavy (non-hydrogen) atoms. The van der Waals surface area contributed by atoms with Gasteiger partial charge in [-0.2, -0.15) is 0 Å². The second kappa shape index (κ2) is 3.37. The molecule has 0 aromatic heterocycles. The van der Waals surface area contributed by atoms with Crippen molar-refractivity contribution in [3.8, 4) is 0 Å². The van der Waals surface area contributed by atoms with Gasteiger partial charge in [-0.25, -0.2) is 0 Å². The van der Waals surface area contributed by atoms with E-state index in [1.54, 1.807) is 0 Å². The molecule has 70 valence electrons. The quantitative estimate of drug-likeness (QED) is 0.535. The molecule has 0 aromatic rings. The molecule has 1 aliphatic carbocycles. The van der Waals surface area contributed by atoms with Crippen molar-refractivity contribution in [3.05, 3.63) is 0 Å². The molecule has 1 saturated heterocycles. The summed E-state index contributed by atoms with van der Waals surface area (Å²) in [5.41, 5.74) is 0. The van der Waals surface area contributed by atoms with E-state index in [0.717, 1.165) is 17.8 Å². The van der Waals surface area contributed by atoms with E-state index >= 15 is 0 Å². The minimum absolute atomic E-state index is 0.953. The van der Waals surface area contributed by atoms with Gasteiger partial charge in [-0.3, -0.25) is 0 Å². The van der Waals surface area contributed by atoms with E-state index in [1.165, 1.54) is 38.8 Å². The zero-order valence-corrected chi connectivity index (χ0v) is 8.42. The number of nitrogens with zero attached hydrogens (tertiary/aromatic N) is 1. The predicted octanol–water partition coefficient (Wildman–Crippen LogP) is 2.37. The van der Waals surface area contributed by atoms with Crippen LogP contribution >= 0.6 is 0 Å². The summed E-state index contributed by atoms with van der Waals surface area (Å²) in [4.78, 5) is 2.52. The fourth-order valence-corrected chi connectivity index (χ4v) is 3.31. The molecule has 0 bridgehead atoms. The molecule has 0 amide bonds. The molecule has 2 aliphatic rings. The van der Waals surface area contributed by atoms with Crippen LogP contribution in [0.4, 0.5) is 0 Å². The van der Waals surface area contributed by atoms with Crippen molar-refractivity contribution in [2.75, 3.05) is 20.1 Å². The summed E-state index contributed by atoms with van der Waals surface area (Å²) in [6, 6.07) is 0. The third kappa shape index (κ3) is 1.52. The SMILES string of the molecule is CC1CN(C)CC2CCCCC12. The standard InChI is InChI=1S/C11H21N/c1-9-7-12(2)8-10-5-3-4-6-11(9)10/h9-11H,3-8H2,1-2H3. The van der Waals surface area contributed by atoms with Crippen molar-refractivity contribution < 1.29 is 0 Å². The second-order valence-corrected chi connectivity index (χ2v) is 4.91. The smallest absolute Gasteiger partial charge is 0.000948 e. The van der Waals surface area contributed by atoms with Crippen molar-refractivity contribution in [2.24, 2.45) is 17.8 Å². The fourth-order valence-electron chi connectivity index (χ4n) is 3.31. The van der Waals surface area contributed by atoms with Crippen LogP contribution in [0.1, 0.15) is 32.6 Å². The molecule has 1 heteroatoms. The van der Waals surface area contributed by atoms with Gasteiger partial charge in [0.1, 0.15) is 0 Å². The van der Waals surface area contributed by atoms with Crippen LogP contribution in [-0.4, -0.2) is 25.0 Å². The van der Waals surface area contributed by atoms with Crippen molar-refractivity contribution in [1.82, 2.24) is 4.90 Å². The summed E-state index contributed by atoms with van der Waals surface area (Å²) in [6.45, 7) is 5.15. The summed E-state index contributed by atoms with van der Waals surface area (Å²) in [7, 11) is 2.28. The van der Waals surface area contributed by atoms with Crippen LogP contribution in [0.25, 0.3) is 0 Å². The lowest BCUT2D eigenvalue weighted by molar-refractivity contribution is 0.0564. The highest BCUT2D eigenvalue weighted by Gasteiger charge is 2.34. The van der Waals surface area contributed by atoms with E-state index in [1.807, 2.05) is 0 Å². The number of hydrogen-bond acceptors (Lipinski definition) is 1. The lowest BCUT2D eigenvalue weighted by Gasteiger charge is -2.44. The molecule has 0 spiro atoms. The van der Waals surface area contributed by atoms with Crippen LogP contribution in [0.5, 0.6) is 0 Å². The van der Waals surface area contributed by atoms with Gasteiger partial charge in [-0.1, -0.05) is 19.8 Å². The van der Waals surface area contributed by atoms with Gasteiger partial charge in [0.05, 0.1) is 0 Å². The van der Waals surface area contributed by atoms with Crippen LogP contribution in [-0.2, 0) is 0 Å². The molecule has 1 saturated carbocycles. The third-order valence-corrected chi connectivity index (χ3v) is 3.84. The molecule has 3 unspecified atom stereocenters. The Hall–Kier alpha value is -0.0400. The largest absolute Gasteiger partial charge is 0.306 e. The number of likely N-dealkylation sites (tertiary alicyclic amines) is 1. The average Bonchev–Trinajstić information content (AvgIpc) is 2.04. The third-order valence-electron chi connectivity index (χ3n) is 3.84. The van der Waals surface area contributed by atoms with Gasteiger partial charge in [-0.05, 0) is 37.6 Å². The summed E-state index contributed by atoms with van der Waals surface area (Å²) in [5.74, 6) is 3.05. The fraction of sp³-hybridized carbons (Fsp3) is 1.00. The van der Waals surface area contributed by atoms with Crippen LogP contribution in [0.3, 0.4) is 0 Å². The van der Waals surface area contributed by atoms with Gasteiger partial charge in [-0.15, -0.1) is 0 Å². The molecule has 3 atom stereocenters. The van der Waals surface area contributed by atoms with Crippen LogP contribution in [0.2, 0.25) is 0 Å². The first kappa shape index (κ1) is 8.55. The molecule has 0 radical (unpaired) electrons. The summed E-state index contributed by atoms with van der Waals surface area (Å²) in [6.07, 6.45) is 6.00. The summed E-state index contributed by atoms with van der Waals surface area (Å²) in [5, 5.41) is 0. The van der Waals surface area contributed by atoms with Gasteiger partial charge >= 0.3 is 0 Å². The zero-order chi connectivity index (χ0) is 8.55. The Morgan fingerprint density at radius 3 is 2.67 bits per heavy atom. The summed E-state index contributed by atoms with van der Waals surface area (Å²) < 4.78 is 0. The van der Waals surface area contributed by atoms with E-state index in [9.17, 15) is 0 Å². The first-order valence-electron chi connectivity index (χ1n) is 5.46. The van der Waals surface area contributed by atoms with E-state index in [2.05, 4.69) is 18.9 Å². The molecular weight excluding hydrogens is 146 g/mol. The second-order valence-electron chi connectivity index (χ2n) is 4.91. The van der Waals surface area contributed by atoms with Crippen LogP contribution in [0, 0.1) is 17.8 Å². The predicted molar refractivity (Wildman–Crippen MR) is 52.1 cm³/mol. The molecule has 1 aliphatic heterocycles. The topological polar surface area (TPSA) is 3.24 Å². The van der Waals surface area contributed by atoms with Crippen molar-refractivity contribution >= 4 is 0 Å². The lowest BCUT2D eigenvalue weighted by Crippen LogP contribution is -2.44. The van der Waals surface area contributed by atoms with Gasteiger partial charge < -0.3 is 4.90 Å². The van der Waals surface area contributed by atoms with E-state index in [-0.39, 0.29) is 0 Å². The lowest BCUT2D eigenvalue weighted by atomic mass is 9.70. The molecular formula is C11H21N. The highest BCUT2D eigenvalue weighted by atomic mass is 15.1. The first-order chi connectivity index (χ1) is 5.77. The van der Waals surface area contributed by atoms with Gasteiger partial charge in [0.15, 0.2) is 0 Å². The molecule has 1 heterocycles. The minimum atomic E-state index is 0.953. The number of fused-ring (bicyclic) bond motifs is 1. The van der Waals surface area contributed by atoms with Crippen LogP contribution < -0.4 is 0 Å². The number of rotatable bonds is 0. The van der Waals surface area contributed by atoms with Crippen LogP contribution in [0.15, 0.2) is 0 Å². The van der Waals surface area contributed by atoms with E-state index in [0.29, 0.717) is 0 Å². The Morgan fingerprint density at radius 2 is 1.83 bits per heavy atom. The maximum atomic E-state index is 2.52. The minimum Gasteiger partial charge on any atom is -0.306 e. The maximum absolute atomic E-state index is 2.52.